The number of ether oxygens (including phenoxy) is 2. The lowest BCUT2D eigenvalue weighted by Crippen LogP contribution is -2.11. The monoisotopic (exact) mass is 499 g/mol. The van der Waals surface area contributed by atoms with E-state index in [4.69, 9.17) is 9.47 Å². The van der Waals surface area contributed by atoms with Gasteiger partial charge in [0.15, 0.2) is 17.5 Å². The molecule has 0 spiro atoms. The molecule has 0 saturated heterocycles. The number of hydrogen-bond donors (Lipinski definition) is 2. The zero-order valence-electron chi connectivity index (χ0n) is 21.5. The van der Waals surface area contributed by atoms with E-state index in [-0.39, 0.29) is 17.3 Å². The molecule has 2 N–H and O–H groups in total. The van der Waals surface area contributed by atoms with Gasteiger partial charge in [-0.05, 0) is 60.9 Å². The molecule has 3 aromatic carbocycles. The highest BCUT2D eigenvalue weighted by atomic mass is 16.5. The molecule has 0 amide bonds. The summed E-state index contributed by atoms with van der Waals surface area (Å²) in [5, 5.41) is 21.3. The van der Waals surface area contributed by atoms with Gasteiger partial charge in [-0.1, -0.05) is 45.2 Å². The largest absolute Gasteiger partial charge is 0.507 e. The summed E-state index contributed by atoms with van der Waals surface area (Å²) in [6.07, 6.45) is 4.53. The van der Waals surface area contributed by atoms with Crippen molar-refractivity contribution in [1.29, 1.82) is 0 Å². The summed E-state index contributed by atoms with van der Waals surface area (Å²) in [4.78, 5) is 13.9. The average Bonchev–Trinajstić information content (AvgIpc) is 2.93. The predicted octanol–water partition coefficient (Wildman–Crippen LogP) is 6.89. The molecule has 1 unspecified atom stereocenters. The van der Waals surface area contributed by atoms with Crippen LogP contribution in [0.1, 0.15) is 39.5 Å². The quantitative estimate of drug-likeness (QED) is 0.232. The fourth-order valence-corrected chi connectivity index (χ4v) is 4.05. The summed E-state index contributed by atoms with van der Waals surface area (Å²) in [7, 11) is 1.61. The van der Waals surface area contributed by atoms with E-state index in [2.05, 4.69) is 28.8 Å². The van der Waals surface area contributed by atoms with Crippen LogP contribution in [0, 0.1) is 5.92 Å². The average molecular weight is 500 g/mol. The van der Waals surface area contributed by atoms with Gasteiger partial charge in [-0.25, -0.2) is 15.0 Å². The van der Waals surface area contributed by atoms with Gasteiger partial charge < -0.3 is 19.7 Å². The van der Waals surface area contributed by atoms with E-state index < -0.39 is 0 Å². The first-order valence-corrected chi connectivity index (χ1v) is 12.7. The summed E-state index contributed by atoms with van der Waals surface area (Å²) in [6.45, 7) is 4.98. The zero-order chi connectivity index (χ0) is 26.2. The van der Waals surface area contributed by atoms with Crippen LogP contribution in [0.25, 0.3) is 34.2 Å². The fraction of sp³-hybridized carbons (Fsp3) is 0.300. The number of phenols is 2. The highest BCUT2D eigenvalue weighted by Gasteiger charge is 2.17. The standard InChI is InChI=1S/C30H33N3O4/c1-4-6-9-20(5-2)19-37-23-16-17-25(27(35)18-23)30-32-28(21-12-14-22(36-3)15-13-21)31-29(33-30)24-10-7-8-11-26(24)34/h7-8,10-18,20,34-35H,4-6,9,19H2,1-3H3. The first-order chi connectivity index (χ1) is 18.0. The van der Waals surface area contributed by atoms with Crippen LogP contribution >= 0.6 is 0 Å². The van der Waals surface area contributed by atoms with Crippen LogP contribution in [-0.2, 0) is 0 Å². The van der Waals surface area contributed by atoms with E-state index in [0.717, 1.165) is 18.4 Å². The number of benzene rings is 3. The van der Waals surface area contributed by atoms with Crippen molar-refractivity contribution < 1.29 is 19.7 Å². The Morgan fingerprint density at radius 3 is 2.03 bits per heavy atom. The number of unbranched alkanes of at least 4 members (excludes halogenated alkanes) is 1. The molecule has 7 heteroatoms. The number of rotatable bonds is 11. The first-order valence-electron chi connectivity index (χ1n) is 12.7. The van der Waals surface area contributed by atoms with Crippen molar-refractivity contribution in [2.75, 3.05) is 13.7 Å². The lowest BCUT2D eigenvalue weighted by Gasteiger charge is -2.16. The molecule has 4 aromatic rings. The Morgan fingerprint density at radius 1 is 0.757 bits per heavy atom. The van der Waals surface area contributed by atoms with Gasteiger partial charge in [0.2, 0.25) is 0 Å². The molecular formula is C30H33N3O4. The van der Waals surface area contributed by atoms with Gasteiger partial charge in [0.25, 0.3) is 0 Å². The molecule has 0 bridgehead atoms. The van der Waals surface area contributed by atoms with Crippen LogP contribution in [-0.4, -0.2) is 38.9 Å². The summed E-state index contributed by atoms with van der Waals surface area (Å²) in [6, 6.07) is 19.4. The molecule has 0 aliphatic carbocycles. The second-order valence-electron chi connectivity index (χ2n) is 8.96. The van der Waals surface area contributed by atoms with Crippen molar-refractivity contribution >= 4 is 0 Å². The zero-order valence-corrected chi connectivity index (χ0v) is 21.5. The van der Waals surface area contributed by atoms with Crippen LogP contribution in [0.2, 0.25) is 0 Å². The van der Waals surface area contributed by atoms with Gasteiger partial charge >= 0.3 is 0 Å². The Kier molecular flexibility index (Phi) is 8.56. The van der Waals surface area contributed by atoms with Gasteiger partial charge in [-0.15, -0.1) is 0 Å². The maximum absolute atomic E-state index is 10.9. The fourth-order valence-electron chi connectivity index (χ4n) is 4.05. The normalized spacial score (nSPS) is 11.8. The second-order valence-corrected chi connectivity index (χ2v) is 8.96. The van der Waals surface area contributed by atoms with E-state index in [0.29, 0.717) is 46.8 Å². The minimum Gasteiger partial charge on any atom is -0.507 e. The number of phenolic OH excluding ortho intramolecular Hbond substituents is 2. The van der Waals surface area contributed by atoms with Crippen LogP contribution in [0.4, 0.5) is 0 Å². The van der Waals surface area contributed by atoms with Gasteiger partial charge in [-0.2, -0.15) is 0 Å². The minimum atomic E-state index is 0.00854. The Balaban J connectivity index is 1.69. The van der Waals surface area contributed by atoms with E-state index in [1.165, 1.54) is 12.8 Å². The first kappa shape index (κ1) is 25.9. The Hall–Kier alpha value is -4.13. The summed E-state index contributed by atoms with van der Waals surface area (Å²) in [5.74, 6) is 2.86. The van der Waals surface area contributed by atoms with Crippen LogP contribution in [0.3, 0.4) is 0 Å². The Labute approximate surface area is 217 Å². The molecule has 7 nitrogen and oxygen atoms in total. The highest BCUT2D eigenvalue weighted by Crippen LogP contribution is 2.34. The van der Waals surface area contributed by atoms with Gasteiger partial charge in [0.1, 0.15) is 23.0 Å². The van der Waals surface area contributed by atoms with Crippen molar-refractivity contribution in [2.45, 2.75) is 39.5 Å². The molecule has 37 heavy (non-hydrogen) atoms. The van der Waals surface area contributed by atoms with Crippen molar-refractivity contribution in [3.63, 3.8) is 0 Å². The van der Waals surface area contributed by atoms with E-state index in [9.17, 15) is 10.2 Å². The van der Waals surface area contributed by atoms with Gasteiger partial charge in [0.05, 0.1) is 24.8 Å². The van der Waals surface area contributed by atoms with Gasteiger partial charge in [-0.3, -0.25) is 0 Å². The number of aromatic hydroxyl groups is 2. The number of hydrogen-bond acceptors (Lipinski definition) is 7. The molecule has 0 aliphatic heterocycles. The molecule has 1 heterocycles. The van der Waals surface area contributed by atoms with Crippen molar-refractivity contribution in [3.05, 3.63) is 66.7 Å². The van der Waals surface area contributed by atoms with Crippen molar-refractivity contribution in [2.24, 2.45) is 5.92 Å². The number of para-hydroxylation sites is 1. The predicted molar refractivity (Wildman–Crippen MR) is 145 cm³/mol. The Bertz CT molecular complexity index is 1320. The smallest absolute Gasteiger partial charge is 0.167 e. The lowest BCUT2D eigenvalue weighted by atomic mass is 10.0. The highest BCUT2D eigenvalue weighted by molar-refractivity contribution is 5.72. The molecule has 1 atom stereocenters. The minimum absolute atomic E-state index is 0.00854. The molecular weight excluding hydrogens is 466 g/mol. The molecule has 0 radical (unpaired) electrons. The van der Waals surface area contributed by atoms with Crippen molar-refractivity contribution in [1.82, 2.24) is 15.0 Å². The second kappa shape index (κ2) is 12.2. The van der Waals surface area contributed by atoms with Crippen LogP contribution < -0.4 is 9.47 Å². The summed E-state index contributed by atoms with van der Waals surface area (Å²) in [5.41, 5.74) is 1.66. The molecule has 1 aromatic heterocycles. The third-order valence-electron chi connectivity index (χ3n) is 6.37. The van der Waals surface area contributed by atoms with E-state index in [1.54, 1.807) is 43.5 Å². The van der Waals surface area contributed by atoms with Crippen molar-refractivity contribution in [3.8, 4) is 57.2 Å². The van der Waals surface area contributed by atoms with Crippen LogP contribution in [0.5, 0.6) is 23.0 Å². The summed E-state index contributed by atoms with van der Waals surface area (Å²) >= 11 is 0. The maximum Gasteiger partial charge on any atom is 0.167 e. The number of nitrogens with zero attached hydrogens (tertiary/aromatic N) is 3. The molecule has 192 valence electrons. The topological polar surface area (TPSA) is 97.6 Å². The molecule has 0 aliphatic rings. The number of aromatic nitrogens is 3. The third kappa shape index (κ3) is 6.36. The number of methoxy groups -OCH3 is 1. The van der Waals surface area contributed by atoms with E-state index >= 15 is 0 Å². The molecule has 0 saturated carbocycles. The molecule has 0 fully saturated rings. The summed E-state index contributed by atoms with van der Waals surface area (Å²) < 4.78 is 11.3. The molecule has 4 rings (SSSR count). The SMILES string of the molecule is CCCCC(CC)COc1ccc(-c2nc(-c3ccc(OC)cc3)nc(-c3ccccc3O)n2)c(O)c1. The van der Waals surface area contributed by atoms with E-state index in [1.807, 2.05) is 30.3 Å². The maximum atomic E-state index is 10.9. The third-order valence-corrected chi connectivity index (χ3v) is 6.37. The van der Waals surface area contributed by atoms with Gasteiger partial charge in [0, 0.05) is 11.6 Å². The lowest BCUT2D eigenvalue weighted by molar-refractivity contribution is 0.232. The Morgan fingerprint density at radius 2 is 1.41 bits per heavy atom. The van der Waals surface area contributed by atoms with Crippen LogP contribution in [0.15, 0.2) is 66.7 Å².